The maximum atomic E-state index is 14.0. The fourth-order valence-corrected chi connectivity index (χ4v) is 3.98. The van der Waals surface area contributed by atoms with E-state index in [-0.39, 0.29) is 22.7 Å². The van der Waals surface area contributed by atoms with Gasteiger partial charge in [-0.3, -0.25) is 9.59 Å². The van der Waals surface area contributed by atoms with E-state index in [4.69, 9.17) is 16.0 Å². The van der Waals surface area contributed by atoms with E-state index in [2.05, 4.69) is 0 Å². The standard InChI is InChI=1S/C22H20ClFN2O3/c1-25(2)9-4-10-26-19(13-5-3-6-15(24)11-13)18-20(27)16-12-14(23)7-8-17(16)29-21(18)22(26)28/h3,5-8,11-12,19H,4,9-10H2,1-2H3. The highest BCUT2D eigenvalue weighted by Crippen LogP contribution is 2.38. The van der Waals surface area contributed by atoms with Crippen molar-refractivity contribution < 1.29 is 13.6 Å². The monoisotopic (exact) mass is 414 g/mol. The maximum Gasteiger partial charge on any atom is 0.290 e. The van der Waals surface area contributed by atoms with E-state index in [1.54, 1.807) is 29.2 Å². The van der Waals surface area contributed by atoms with Crippen LogP contribution in [0.1, 0.15) is 34.1 Å². The molecule has 1 aromatic heterocycles. The third kappa shape index (κ3) is 3.54. The van der Waals surface area contributed by atoms with E-state index >= 15 is 0 Å². The number of hydrogen-bond donors (Lipinski definition) is 0. The van der Waals surface area contributed by atoms with E-state index in [1.165, 1.54) is 18.2 Å². The highest BCUT2D eigenvalue weighted by molar-refractivity contribution is 6.31. The smallest absolute Gasteiger partial charge is 0.290 e. The Kier molecular flexibility index (Phi) is 5.15. The molecule has 1 amide bonds. The van der Waals surface area contributed by atoms with Crippen molar-refractivity contribution in [2.45, 2.75) is 12.5 Å². The Morgan fingerprint density at radius 2 is 1.97 bits per heavy atom. The summed E-state index contributed by atoms with van der Waals surface area (Å²) in [6, 6.07) is 10.0. The van der Waals surface area contributed by atoms with Gasteiger partial charge in [-0.15, -0.1) is 0 Å². The molecule has 7 heteroatoms. The molecule has 1 atom stereocenters. The van der Waals surface area contributed by atoms with Crippen molar-refractivity contribution >= 4 is 28.5 Å². The van der Waals surface area contributed by atoms with Gasteiger partial charge in [0.2, 0.25) is 5.76 Å². The van der Waals surface area contributed by atoms with E-state index in [1.807, 2.05) is 19.0 Å². The summed E-state index contributed by atoms with van der Waals surface area (Å²) in [5.41, 5.74) is 0.761. The molecular formula is C22H20ClFN2O3. The number of hydrogen-bond acceptors (Lipinski definition) is 4. The van der Waals surface area contributed by atoms with Gasteiger partial charge in [-0.25, -0.2) is 4.39 Å². The first-order chi connectivity index (χ1) is 13.9. The Morgan fingerprint density at radius 1 is 1.17 bits per heavy atom. The van der Waals surface area contributed by atoms with Gasteiger partial charge in [-0.05, 0) is 63.0 Å². The summed E-state index contributed by atoms with van der Waals surface area (Å²) < 4.78 is 19.8. The highest BCUT2D eigenvalue weighted by atomic mass is 35.5. The van der Waals surface area contributed by atoms with Crippen LogP contribution in [0.25, 0.3) is 11.0 Å². The van der Waals surface area contributed by atoms with Gasteiger partial charge in [0.15, 0.2) is 5.43 Å². The van der Waals surface area contributed by atoms with Crippen molar-refractivity contribution in [3.63, 3.8) is 0 Å². The third-order valence-corrected chi connectivity index (χ3v) is 5.33. The van der Waals surface area contributed by atoms with Crippen LogP contribution in [0.2, 0.25) is 5.02 Å². The second-order valence-corrected chi connectivity index (χ2v) is 7.86. The average Bonchev–Trinajstić information content (AvgIpc) is 2.95. The number of benzene rings is 2. The molecule has 0 saturated heterocycles. The summed E-state index contributed by atoms with van der Waals surface area (Å²) in [7, 11) is 3.90. The summed E-state index contributed by atoms with van der Waals surface area (Å²) in [4.78, 5) is 30.1. The fourth-order valence-electron chi connectivity index (χ4n) is 3.80. The molecule has 0 N–H and O–H groups in total. The van der Waals surface area contributed by atoms with Crippen LogP contribution in [0, 0.1) is 5.82 Å². The van der Waals surface area contributed by atoms with E-state index in [9.17, 15) is 14.0 Å². The molecule has 4 rings (SSSR count). The number of amides is 1. The topological polar surface area (TPSA) is 53.8 Å². The molecule has 2 heterocycles. The van der Waals surface area contributed by atoms with E-state index < -0.39 is 11.9 Å². The SMILES string of the molecule is CN(C)CCCN1C(=O)c2oc3ccc(Cl)cc3c(=O)c2C1c1cccc(F)c1. The van der Waals surface area contributed by atoms with Crippen molar-refractivity contribution in [1.82, 2.24) is 9.80 Å². The van der Waals surface area contributed by atoms with E-state index in [0.717, 1.165) is 6.54 Å². The van der Waals surface area contributed by atoms with Crippen molar-refractivity contribution in [3.05, 3.63) is 80.4 Å². The van der Waals surface area contributed by atoms with Gasteiger partial charge in [0.1, 0.15) is 11.4 Å². The van der Waals surface area contributed by atoms with Crippen molar-refractivity contribution in [3.8, 4) is 0 Å². The van der Waals surface area contributed by atoms with Crippen molar-refractivity contribution in [2.24, 2.45) is 0 Å². The van der Waals surface area contributed by atoms with Crippen LogP contribution in [-0.2, 0) is 0 Å². The Balaban J connectivity index is 1.89. The number of rotatable bonds is 5. The minimum atomic E-state index is -0.699. The molecule has 5 nitrogen and oxygen atoms in total. The highest BCUT2D eigenvalue weighted by Gasteiger charge is 2.42. The third-order valence-electron chi connectivity index (χ3n) is 5.10. The molecular weight excluding hydrogens is 395 g/mol. The van der Waals surface area contributed by atoms with Crippen LogP contribution in [0.5, 0.6) is 0 Å². The normalized spacial score (nSPS) is 16.1. The van der Waals surface area contributed by atoms with Crippen LogP contribution < -0.4 is 5.43 Å². The minimum absolute atomic E-state index is 0.0175. The lowest BCUT2D eigenvalue weighted by Gasteiger charge is -2.25. The molecule has 150 valence electrons. The Morgan fingerprint density at radius 3 is 2.69 bits per heavy atom. The summed E-state index contributed by atoms with van der Waals surface area (Å²) in [5.74, 6) is -0.768. The zero-order valence-corrected chi connectivity index (χ0v) is 16.9. The lowest BCUT2D eigenvalue weighted by Crippen LogP contribution is -2.32. The number of halogens is 2. The van der Waals surface area contributed by atoms with Gasteiger partial charge in [0, 0.05) is 11.6 Å². The first-order valence-corrected chi connectivity index (χ1v) is 9.72. The van der Waals surface area contributed by atoms with E-state index in [0.29, 0.717) is 34.5 Å². The number of carbonyl (C=O) groups is 1. The molecule has 1 aliphatic rings. The maximum absolute atomic E-state index is 14.0. The molecule has 0 saturated carbocycles. The van der Waals surface area contributed by atoms with Gasteiger partial charge >= 0.3 is 0 Å². The number of carbonyl (C=O) groups excluding carboxylic acids is 1. The molecule has 1 aliphatic heterocycles. The average molecular weight is 415 g/mol. The molecule has 0 aliphatic carbocycles. The zero-order valence-electron chi connectivity index (χ0n) is 16.1. The van der Waals surface area contributed by atoms with Crippen LogP contribution in [0.4, 0.5) is 4.39 Å². The first-order valence-electron chi connectivity index (χ1n) is 9.34. The number of fused-ring (bicyclic) bond motifs is 2. The second kappa shape index (κ2) is 7.61. The Labute approximate surface area is 172 Å². The Hall–Kier alpha value is -2.70. The minimum Gasteiger partial charge on any atom is -0.450 e. The van der Waals surface area contributed by atoms with Gasteiger partial charge in [0.25, 0.3) is 5.91 Å². The molecule has 0 fully saturated rings. The van der Waals surface area contributed by atoms with Gasteiger partial charge < -0.3 is 14.2 Å². The summed E-state index contributed by atoms with van der Waals surface area (Å²) in [6.45, 7) is 1.19. The second-order valence-electron chi connectivity index (χ2n) is 7.43. The lowest BCUT2D eigenvalue weighted by molar-refractivity contribution is 0.0722. The van der Waals surface area contributed by atoms with Gasteiger partial charge in [-0.1, -0.05) is 23.7 Å². The van der Waals surface area contributed by atoms with Gasteiger partial charge in [-0.2, -0.15) is 0 Å². The van der Waals surface area contributed by atoms with Crippen LogP contribution >= 0.6 is 11.6 Å². The zero-order chi connectivity index (χ0) is 20.7. The predicted molar refractivity (Wildman–Crippen MR) is 110 cm³/mol. The molecule has 0 bridgehead atoms. The molecule has 3 aromatic rings. The number of nitrogens with zero attached hydrogens (tertiary/aromatic N) is 2. The van der Waals surface area contributed by atoms with Crippen LogP contribution in [0.15, 0.2) is 51.7 Å². The summed E-state index contributed by atoms with van der Waals surface area (Å²) in [6.07, 6.45) is 0.706. The quantitative estimate of drug-likeness (QED) is 0.631. The predicted octanol–water partition coefficient (Wildman–Crippen LogP) is 4.08. The molecule has 2 aromatic carbocycles. The van der Waals surface area contributed by atoms with Crippen molar-refractivity contribution in [1.29, 1.82) is 0 Å². The molecule has 0 radical (unpaired) electrons. The molecule has 29 heavy (non-hydrogen) atoms. The molecule has 1 unspecified atom stereocenters. The summed E-state index contributed by atoms with van der Waals surface area (Å²) in [5, 5.41) is 0.708. The Bertz CT molecular complexity index is 1160. The first kappa shape index (κ1) is 19.6. The van der Waals surface area contributed by atoms with Gasteiger partial charge in [0.05, 0.1) is 17.0 Å². The summed E-state index contributed by atoms with van der Waals surface area (Å²) >= 11 is 6.06. The molecule has 0 spiro atoms. The van der Waals surface area contributed by atoms with Crippen LogP contribution in [-0.4, -0.2) is 42.9 Å². The largest absolute Gasteiger partial charge is 0.450 e. The van der Waals surface area contributed by atoms with Crippen molar-refractivity contribution in [2.75, 3.05) is 27.2 Å². The van der Waals surface area contributed by atoms with Crippen LogP contribution in [0.3, 0.4) is 0 Å². The fraction of sp³-hybridized carbons (Fsp3) is 0.273. The lowest BCUT2D eigenvalue weighted by atomic mass is 9.98.